The van der Waals surface area contributed by atoms with E-state index in [0.29, 0.717) is 12.2 Å². The summed E-state index contributed by atoms with van der Waals surface area (Å²) in [4.78, 5) is 23.9. The van der Waals surface area contributed by atoms with Crippen LogP contribution in [0.2, 0.25) is 0 Å². The molecule has 0 bridgehead atoms. The van der Waals surface area contributed by atoms with Crippen LogP contribution in [-0.4, -0.2) is 38.6 Å². The smallest absolute Gasteiger partial charge is 0.188 e. The van der Waals surface area contributed by atoms with Gasteiger partial charge in [0.15, 0.2) is 16.6 Å². The number of piperidine rings is 1. The van der Waals surface area contributed by atoms with Crippen molar-refractivity contribution in [3.63, 3.8) is 0 Å². The fourth-order valence-electron chi connectivity index (χ4n) is 3.29. The fraction of sp³-hybridized carbons (Fsp3) is 0.412. The maximum atomic E-state index is 12.7. The molecule has 1 aliphatic rings. The van der Waals surface area contributed by atoms with Gasteiger partial charge in [0.05, 0.1) is 10.4 Å². The third-order valence-corrected chi connectivity index (χ3v) is 5.73. The van der Waals surface area contributed by atoms with E-state index in [0.717, 1.165) is 40.6 Å². The number of aryl methyl sites for hydroxylation is 2. The summed E-state index contributed by atoms with van der Waals surface area (Å²) >= 11 is 1.67. The number of carbonyl (C=O) groups is 1. The van der Waals surface area contributed by atoms with Crippen molar-refractivity contribution < 1.29 is 4.79 Å². The minimum atomic E-state index is -0.0140. The van der Waals surface area contributed by atoms with Crippen LogP contribution in [0.5, 0.6) is 0 Å². The first kappa shape index (κ1) is 15.3. The Morgan fingerprint density at radius 1 is 1.38 bits per heavy atom. The summed E-state index contributed by atoms with van der Waals surface area (Å²) in [6.07, 6.45) is 3.59. The van der Waals surface area contributed by atoms with Crippen LogP contribution >= 0.6 is 11.3 Å². The summed E-state index contributed by atoms with van der Waals surface area (Å²) in [7, 11) is 1.92. The van der Waals surface area contributed by atoms with Crippen LogP contribution < -0.4 is 4.90 Å². The first-order chi connectivity index (χ1) is 11.6. The van der Waals surface area contributed by atoms with Gasteiger partial charge in [-0.2, -0.15) is 5.10 Å². The number of nitrogens with zero attached hydrogens (tertiary/aromatic N) is 5. The SMILES string of the molecule is Cc1nn(C)c2nc(N3CCCC(C(=O)c4ccccn4)C3)sc12. The first-order valence-corrected chi connectivity index (χ1v) is 8.95. The number of fused-ring (bicyclic) bond motifs is 1. The van der Waals surface area contributed by atoms with E-state index in [-0.39, 0.29) is 11.7 Å². The Bertz CT molecular complexity index is 851. The van der Waals surface area contributed by atoms with Crippen LogP contribution in [0.15, 0.2) is 24.4 Å². The number of aromatic nitrogens is 4. The zero-order valence-corrected chi connectivity index (χ0v) is 14.6. The summed E-state index contributed by atoms with van der Waals surface area (Å²) in [5.41, 5.74) is 2.49. The molecule has 1 fully saturated rings. The van der Waals surface area contributed by atoms with Gasteiger partial charge in [0.25, 0.3) is 0 Å². The van der Waals surface area contributed by atoms with Crippen LogP contribution in [-0.2, 0) is 7.05 Å². The molecule has 1 aliphatic heterocycles. The van der Waals surface area contributed by atoms with Gasteiger partial charge >= 0.3 is 0 Å². The minimum absolute atomic E-state index is 0.0140. The highest BCUT2D eigenvalue weighted by atomic mass is 32.1. The molecule has 1 atom stereocenters. The third-order valence-electron chi connectivity index (χ3n) is 4.51. The molecule has 7 heteroatoms. The number of hydrogen-bond acceptors (Lipinski definition) is 6. The Balaban J connectivity index is 1.58. The van der Waals surface area contributed by atoms with Gasteiger partial charge in [-0.3, -0.25) is 9.78 Å². The quantitative estimate of drug-likeness (QED) is 0.686. The Kier molecular flexibility index (Phi) is 3.80. The van der Waals surface area contributed by atoms with E-state index in [1.165, 1.54) is 0 Å². The Morgan fingerprint density at radius 2 is 2.25 bits per heavy atom. The summed E-state index contributed by atoms with van der Waals surface area (Å²) in [5, 5.41) is 5.39. The molecule has 3 aromatic rings. The zero-order valence-electron chi connectivity index (χ0n) is 13.8. The van der Waals surface area contributed by atoms with Gasteiger partial charge in [0.2, 0.25) is 0 Å². The number of hydrogen-bond donors (Lipinski definition) is 0. The fourth-order valence-corrected chi connectivity index (χ4v) is 4.36. The van der Waals surface area contributed by atoms with E-state index in [9.17, 15) is 4.79 Å². The monoisotopic (exact) mass is 341 g/mol. The molecule has 1 unspecified atom stereocenters. The average molecular weight is 341 g/mol. The normalized spacial score (nSPS) is 18.2. The molecule has 1 saturated heterocycles. The highest BCUT2D eigenvalue weighted by Gasteiger charge is 2.29. The molecule has 24 heavy (non-hydrogen) atoms. The highest BCUT2D eigenvalue weighted by molar-refractivity contribution is 7.22. The molecule has 0 spiro atoms. The predicted molar refractivity (Wildman–Crippen MR) is 94.6 cm³/mol. The van der Waals surface area contributed by atoms with Crippen molar-refractivity contribution in [2.45, 2.75) is 19.8 Å². The third kappa shape index (κ3) is 2.58. The van der Waals surface area contributed by atoms with E-state index < -0.39 is 0 Å². The van der Waals surface area contributed by atoms with E-state index >= 15 is 0 Å². The lowest BCUT2D eigenvalue weighted by Gasteiger charge is -2.31. The summed E-state index contributed by atoms with van der Waals surface area (Å²) in [6, 6.07) is 5.50. The molecular formula is C17H19N5OS. The van der Waals surface area contributed by atoms with E-state index in [1.54, 1.807) is 23.6 Å². The lowest BCUT2D eigenvalue weighted by atomic mass is 9.92. The number of rotatable bonds is 3. The molecular weight excluding hydrogens is 322 g/mol. The second-order valence-electron chi connectivity index (χ2n) is 6.22. The molecule has 4 rings (SSSR count). The van der Waals surface area contributed by atoms with Crippen molar-refractivity contribution in [1.29, 1.82) is 0 Å². The number of ketones is 1. The molecule has 0 saturated carbocycles. The minimum Gasteiger partial charge on any atom is -0.347 e. The summed E-state index contributed by atoms with van der Waals surface area (Å²) in [6.45, 7) is 3.66. The zero-order chi connectivity index (χ0) is 16.7. The molecule has 6 nitrogen and oxygen atoms in total. The average Bonchev–Trinajstić information content (AvgIpc) is 3.17. The van der Waals surface area contributed by atoms with Crippen molar-refractivity contribution >= 4 is 32.6 Å². The number of pyridine rings is 1. The van der Waals surface area contributed by atoms with E-state index in [4.69, 9.17) is 4.98 Å². The van der Waals surface area contributed by atoms with Gasteiger partial charge in [0.1, 0.15) is 5.69 Å². The van der Waals surface area contributed by atoms with E-state index in [1.807, 2.05) is 30.8 Å². The highest BCUT2D eigenvalue weighted by Crippen LogP contribution is 2.33. The van der Waals surface area contributed by atoms with Crippen molar-refractivity contribution in [1.82, 2.24) is 19.7 Å². The molecule has 0 aliphatic carbocycles. The van der Waals surface area contributed by atoms with Gasteiger partial charge in [-0.1, -0.05) is 17.4 Å². The first-order valence-electron chi connectivity index (χ1n) is 8.14. The van der Waals surface area contributed by atoms with Crippen LogP contribution in [0.1, 0.15) is 29.0 Å². The van der Waals surface area contributed by atoms with Crippen LogP contribution in [0, 0.1) is 12.8 Å². The standard InChI is InChI=1S/C17H19N5OS/c1-11-15-16(21(2)20-11)19-17(24-15)22-9-5-6-12(10-22)14(23)13-7-3-4-8-18-13/h3-4,7-8,12H,5-6,9-10H2,1-2H3. The van der Waals surface area contributed by atoms with Gasteiger partial charge in [-0.15, -0.1) is 0 Å². The second kappa shape index (κ2) is 5.98. The largest absolute Gasteiger partial charge is 0.347 e. The second-order valence-corrected chi connectivity index (χ2v) is 7.20. The van der Waals surface area contributed by atoms with Crippen molar-refractivity contribution in [2.75, 3.05) is 18.0 Å². The van der Waals surface area contributed by atoms with Crippen LogP contribution in [0.4, 0.5) is 5.13 Å². The Morgan fingerprint density at radius 3 is 3.00 bits per heavy atom. The predicted octanol–water partition coefficient (Wildman–Crippen LogP) is 2.83. The number of carbonyl (C=O) groups excluding carboxylic acids is 1. The number of thiazole rings is 1. The summed E-state index contributed by atoms with van der Waals surface area (Å²) in [5.74, 6) is 0.124. The van der Waals surface area contributed by atoms with Crippen molar-refractivity contribution in [3.05, 3.63) is 35.8 Å². The molecule has 0 radical (unpaired) electrons. The lowest BCUT2D eigenvalue weighted by molar-refractivity contribution is 0.0902. The van der Waals surface area contributed by atoms with Gasteiger partial charge in [-0.25, -0.2) is 9.67 Å². The molecule has 0 amide bonds. The maximum absolute atomic E-state index is 12.7. The molecule has 124 valence electrons. The van der Waals surface area contributed by atoms with Crippen LogP contribution in [0.3, 0.4) is 0 Å². The Hall–Kier alpha value is -2.28. The number of anilines is 1. The molecule has 0 N–H and O–H groups in total. The Labute approximate surface area is 144 Å². The lowest BCUT2D eigenvalue weighted by Crippen LogP contribution is -2.39. The topological polar surface area (TPSA) is 63.9 Å². The van der Waals surface area contributed by atoms with Gasteiger partial charge in [-0.05, 0) is 31.9 Å². The molecule has 0 aromatic carbocycles. The number of Topliss-reactive ketones (excluding diaryl/α,β-unsaturated/α-hetero) is 1. The summed E-state index contributed by atoms with van der Waals surface area (Å²) < 4.78 is 2.95. The maximum Gasteiger partial charge on any atom is 0.188 e. The van der Waals surface area contributed by atoms with Gasteiger partial charge < -0.3 is 4.90 Å². The van der Waals surface area contributed by atoms with Gasteiger partial charge in [0, 0.05) is 32.3 Å². The van der Waals surface area contributed by atoms with E-state index in [2.05, 4.69) is 15.0 Å². The molecule has 3 aromatic heterocycles. The van der Waals surface area contributed by atoms with Crippen LogP contribution in [0.25, 0.3) is 10.3 Å². The van der Waals surface area contributed by atoms with Crippen molar-refractivity contribution in [3.8, 4) is 0 Å². The van der Waals surface area contributed by atoms with Crippen molar-refractivity contribution in [2.24, 2.45) is 13.0 Å². The molecule has 4 heterocycles.